The van der Waals surface area contributed by atoms with E-state index in [0.717, 1.165) is 0 Å². The summed E-state index contributed by atoms with van der Waals surface area (Å²) in [5, 5.41) is 12.5. The third kappa shape index (κ3) is 3.86. The molecule has 1 unspecified atom stereocenters. The predicted molar refractivity (Wildman–Crippen MR) is 61.4 cm³/mol. The highest BCUT2D eigenvalue weighted by Crippen LogP contribution is 2.06. The Balaban J connectivity index is 2.72. The van der Waals surface area contributed by atoms with Crippen LogP contribution >= 0.6 is 0 Å². The molecule has 5 heteroatoms. The fourth-order valence-electron chi connectivity index (χ4n) is 1.18. The van der Waals surface area contributed by atoms with Crippen molar-refractivity contribution in [3.05, 3.63) is 35.6 Å². The van der Waals surface area contributed by atoms with E-state index in [9.17, 15) is 9.18 Å². The molecule has 17 heavy (non-hydrogen) atoms. The number of carboxylic acid groups (broad SMARTS) is 1. The average molecular weight is 239 g/mol. The van der Waals surface area contributed by atoms with Crippen molar-refractivity contribution in [2.75, 3.05) is 0 Å². The number of carboxylic acids is 1. The van der Waals surface area contributed by atoms with E-state index in [1.165, 1.54) is 12.1 Å². The zero-order valence-corrected chi connectivity index (χ0v) is 9.68. The Morgan fingerprint density at radius 1 is 1.47 bits per heavy atom. The fourth-order valence-corrected chi connectivity index (χ4v) is 1.18. The van der Waals surface area contributed by atoms with E-state index in [-0.39, 0.29) is 5.82 Å². The maximum atomic E-state index is 12.7. The van der Waals surface area contributed by atoms with Gasteiger partial charge in [0.2, 0.25) is 6.10 Å². The van der Waals surface area contributed by atoms with Gasteiger partial charge in [-0.2, -0.15) is 0 Å². The van der Waals surface area contributed by atoms with Gasteiger partial charge in [-0.3, -0.25) is 0 Å². The molecule has 0 heterocycles. The van der Waals surface area contributed by atoms with E-state index in [4.69, 9.17) is 9.94 Å². The first-order valence-electron chi connectivity index (χ1n) is 5.23. The lowest BCUT2D eigenvalue weighted by Crippen LogP contribution is -2.21. The monoisotopic (exact) mass is 239 g/mol. The predicted octanol–water partition coefficient (Wildman–Crippen LogP) is 2.43. The highest BCUT2D eigenvalue weighted by molar-refractivity contribution is 5.98. The molecule has 1 aromatic rings. The van der Waals surface area contributed by atoms with Crippen molar-refractivity contribution in [3.8, 4) is 0 Å². The van der Waals surface area contributed by atoms with Crippen LogP contribution in [-0.2, 0) is 9.63 Å². The minimum absolute atomic E-state index is 0.329. The Kier molecular flexibility index (Phi) is 4.63. The van der Waals surface area contributed by atoms with Crippen LogP contribution in [0.2, 0.25) is 0 Å². The molecule has 0 bridgehead atoms. The van der Waals surface area contributed by atoms with Gasteiger partial charge in [-0.1, -0.05) is 24.2 Å². The molecular formula is C12H14FNO3. The first-order chi connectivity index (χ1) is 8.04. The number of hydrogen-bond acceptors (Lipinski definition) is 3. The third-order valence-corrected chi connectivity index (χ3v) is 2.23. The number of hydrogen-bond donors (Lipinski definition) is 1. The van der Waals surface area contributed by atoms with Crippen LogP contribution in [0.1, 0.15) is 25.8 Å². The van der Waals surface area contributed by atoms with Crippen molar-refractivity contribution < 1.29 is 19.1 Å². The van der Waals surface area contributed by atoms with Crippen LogP contribution in [0.15, 0.2) is 29.4 Å². The largest absolute Gasteiger partial charge is 0.478 e. The fraction of sp³-hybridized carbons (Fsp3) is 0.333. The molecule has 0 aromatic heterocycles. The Bertz CT molecular complexity index is 414. The molecule has 1 atom stereocenters. The number of rotatable bonds is 5. The van der Waals surface area contributed by atoms with Gasteiger partial charge in [0.25, 0.3) is 0 Å². The summed E-state index contributed by atoms with van der Waals surface area (Å²) in [6.45, 7) is 3.36. The molecule has 1 aromatic carbocycles. The van der Waals surface area contributed by atoms with Gasteiger partial charge < -0.3 is 9.94 Å². The van der Waals surface area contributed by atoms with E-state index < -0.39 is 12.1 Å². The van der Waals surface area contributed by atoms with Gasteiger partial charge >= 0.3 is 5.97 Å². The van der Waals surface area contributed by atoms with E-state index in [0.29, 0.717) is 17.7 Å². The normalized spacial score (nSPS) is 13.2. The minimum Gasteiger partial charge on any atom is -0.478 e. The number of halogens is 1. The maximum Gasteiger partial charge on any atom is 0.347 e. The number of oxime groups is 1. The Hall–Kier alpha value is -1.91. The highest BCUT2D eigenvalue weighted by atomic mass is 19.1. The van der Waals surface area contributed by atoms with Gasteiger partial charge in [0.15, 0.2) is 0 Å². The van der Waals surface area contributed by atoms with Crippen molar-refractivity contribution >= 4 is 11.7 Å². The standard InChI is InChI=1S/C12H14FNO3/c1-3-11(12(15)16)17-14-8(2)9-4-6-10(13)7-5-9/h4-7,11H,3H2,1-2H3,(H,15,16)/b14-8-. The Morgan fingerprint density at radius 3 is 2.53 bits per heavy atom. The lowest BCUT2D eigenvalue weighted by atomic mass is 10.1. The Labute approximate surface area is 98.7 Å². The topological polar surface area (TPSA) is 58.9 Å². The van der Waals surface area contributed by atoms with E-state index >= 15 is 0 Å². The molecule has 0 radical (unpaired) electrons. The van der Waals surface area contributed by atoms with Crippen molar-refractivity contribution in [1.29, 1.82) is 0 Å². The number of nitrogens with zero attached hydrogens (tertiary/aromatic N) is 1. The maximum absolute atomic E-state index is 12.7. The minimum atomic E-state index is -1.05. The average Bonchev–Trinajstić information content (AvgIpc) is 2.30. The summed E-state index contributed by atoms with van der Waals surface area (Å²) in [7, 11) is 0. The highest BCUT2D eigenvalue weighted by Gasteiger charge is 2.16. The van der Waals surface area contributed by atoms with Gasteiger partial charge in [-0.15, -0.1) is 0 Å². The molecular weight excluding hydrogens is 225 g/mol. The number of benzene rings is 1. The number of carbonyl (C=O) groups is 1. The van der Waals surface area contributed by atoms with Gasteiger partial charge in [0, 0.05) is 0 Å². The molecule has 0 saturated heterocycles. The van der Waals surface area contributed by atoms with E-state index in [1.54, 1.807) is 26.0 Å². The SMILES string of the molecule is CCC(O/N=C(/C)c1ccc(F)cc1)C(=O)O. The molecule has 0 aliphatic carbocycles. The summed E-state index contributed by atoms with van der Waals surface area (Å²) in [6, 6.07) is 5.73. The Morgan fingerprint density at radius 2 is 2.06 bits per heavy atom. The second-order valence-corrected chi connectivity index (χ2v) is 3.52. The van der Waals surface area contributed by atoms with Crippen LogP contribution in [0.4, 0.5) is 4.39 Å². The van der Waals surface area contributed by atoms with Gasteiger partial charge in [0.05, 0.1) is 5.71 Å². The quantitative estimate of drug-likeness (QED) is 0.634. The van der Waals surface area contributed by atoms with Gasteiger partial charge in [0.1, 0.15) is 5.82 Å². The third-order valence-electron chi connectivity index (χ3n) is 2.23. The molecule has 1 N–H and O–H groups in total. The van der Waals surface area contributed by atoms with Crippen molar-refractivity contribution in [1.82, 2.24) is 0 Å². The summed E-state index contributed by atoms with van der Waals surface area (Å²) < 4.78 is 12.7. The van der Waals surface area contributed by atoms with Crippen LogP contribution in [0, 0.1) is 5.82 Å². The summed E-state index contributed by atoms with van der Waals surface area (Å²) in [5.41, 5.74) is 1.19. The second kappa shape index (κ2) is 5.98. The molecule has 0 spiro atoms. The second-order valence-electron chi connectivity index (χ2n) is 3.52. The lowest BCUT2D eigenvalue weighted by molar-refractivity contribution is -0.150. The smallest absolute Gasteiger partial charge is 0.347 e. The first kappa shape index (κ1) is 13.2. The summed E-state index contributed by atoms with van der Waals surface area (Å²) in [4.78, 5) is 15.6. The van der Waals surface area contributed by atoms with E-state index in [1.807, 2.05) is 0 Å². The van der Waals surface area contributed by atoms with Crippen LogP contribution in [0.25, 0.3) is 0 Å². The molecule has 0 saturated carbocycles. The molecule has 0 aliphatic heterocycles. The molecule has 4 nitrogen and oxygen atoms in total. The number of aliphatic carboxylic acids is 1. The zero-order chi connectivity index (χ0) is 12.8. The molecule has 0 fully saturated rings. The molecule has 92 valence electrons. The van der Waals surface area contributed by atoms with Crippen LogP contribution in [0.3, 0.4) is 0 Å². The molecule has 1 rings (SSSR count). The van der Waals surface area contributed by atoms with Gasteiger partial charge in [-0.05, 0) is 31.0 Å². The van der Waals surface area contributed by atoms with E-state index in [2.05, 4.69) is 5.16 Å². The summed E-state index contributed by atoms with van der Waals surface area (Å²) in [5.74, 6) is -1.39. The van der Waals surface area contributed by atoms with Gasteiger partial charge in [-0.25, -0.2) is 9.18 Å². The lowest BCUT2D eigenvalue weighted by Gasteiger charge is -2.08. The summed E-state index contributed by atoms with van der Waals surface area (Å²) in [6.07, 6.45) is -0.624. The van der Waals surface area contributed by atoms with Crippen molar-refractivity contribution in [2.45, 2.75) is 26.4 Å². The first-order valence-corrected chi connectivity index (χ1v) is 5.23. The molecule has 0 aliphatic rings. The zero-order valence-electron chi connectivity index (χ0n) is 9.68. The van der Waals surface area contributed by atoms with Crippen molar-refractivity contribution in [2.24, 2.45) is 5.16 Å². The van der Waals surface area contributed by atoms with Crippen LogP contribution in [-0.4, -0.2) is 22.9 Å². The van der Waals surface area contributed by atoms with Crippen LogP contribution in [0.5, 0.6) is 0 Å². The van der Waals surface area contributed by atoms with Crippen LogP contribution < -0.4 is 0 Å². The molecule has 0 amide bonds. The summed E-state index contributed by atoms with van der Waals surface area (Å²) >= 11 is 0. The van der Waals surface area contributed by atoms with Crippen molar-refractivity contribution in [3.63, 3.8) is 0 Å².